The molecule has 39 heavy (non-hydrogen) atoms. The van der Waals surface area contributed by atoms with Crippen molar-refractivity contribution in [3.8, 4) is 10.6 Å². The van der Waals surface area contributed by atoms with Gasteiger partial charge in [-0.2, -0.15) is 0 Å². The Morgan fingerprint density at radius 3 is 2.46 bits per heavy atom. The van der Waals surface area contributed by atoms with Gasteiger partial charge in [-0.15, -0.1) is 11.3 Å². The molecule has 196 valence electrons. The van der Waals surface area contributed by atoms with Gasteiger partial charge in [-0.05, 0) is 44.5 Å². The van der Waals surface area contributed by atoms with Crippen molar-refractivity contribution in [2.45, 2.75) is 26.8 Å². The first-order valence-corrected chi connectivity index (χ1v) is 13.3. The molecule has 1 aromatic heterocycles. The zero-order chi connectivity index (χ0) is 27.7. The van der Waals surface area contributed by atoms with E-state index < -0.39 is 29.5 Å². The average Bonchev–Trinajstić information content (AvgIpc) is 3.46. The summed E-state index contributed by atoms with van der Waals surface area (Å²) in [6, 6.07) is 22.5. The lowest BCUT2D eigenvalue weighted by molar-refractivity contribution is -0.117. The normalized spacial score (nSPS) is 15.1. The van der Waals surface area contributed by atoms with Crippen molar-refractivity contribution in [2.75, 3.05) is 11.5 Å². The molecule has 0 spiro atoms. The van der Waals surface area contributed by atoms with Gasteiger partial charge in [0, 0.05) is 11.3 Å². The van der Waals surface area contributed by atoms with E-state index in [-0.39, 0.29) is 17.7 Å². The van der Waals surface area contributed by atoms with Crippen LogP contribution in [0, 0.1) is 13.8 Å². The van der Waals surface area contributed by atoms with E-state index in [0.29, 0.717) is 26.8 Å². The second kappa shape index (κ2) is 10.7. The van der Waals surface area contributed by atoms with Crippen molar-refractivity contribution in [3.05, 3.63) is 117 Å². The van der Waals surface area contributed by atoms with Gasteiger partial charge in [0.25, 0.3) is 5.91 Å². The van der Waals surface area contributed by atoms with E-state index in [1.807, 2.05) is 61.5 Å². The third-order valence-electron chi connectivity index (χ3n) is 6.47. The SMILES string of the molecule is CCOC(=O)c1cccc(N2C(=O)C(O)=C(C(=O)c3sc(-c4ccccc4)nc3C)C2c2cccc(C)c2)c1. The van der Waals surface area contributed by atoms with Gasteiger partial charge >= 0.3 is 5.97 Å². The molecule has 3 aromatic carbocycles. The average molecular weight is 539 g/mol. The molecule has 0 bridgehead atoms. The lowest BCUT2D eigenvalue weighted by atomic mass is 9.93. The number of benzene rings is 3. The van der Waals surface area contributed by atoms with Crippen molar-refractivity contribution >= 4 is 34.7 Å². The molecule has 7 nitrogen and oxygen atoms in total. The quantitative estimate of drug-likeness (QED) is 0.216. The highest BCUT2D eigenvalue weighted by molar-refractivity contribution is 7.17. The second-order valence-corrected chi connectivity index (χ2v) is 10.2. The topological polar surface area (TPSA) is 96.8 Å². The molecule has 1 unspecified atom stereocenters. The lowest BCUT2D eigenvalue weighted by Gasteiger charge is -2.27. The Kier molecular flexibility index (Phi) is 7.13. The number of esters is 1. The Morgan fingerprint density at radius 2 is 1.74 bits per heavy atom. The number of nitrogens with zero attached hydrogens (tertiary/aromatic N) is 2. The zero-order valence-electron chi connectivity index (χ0n) is 21.7. The summed E-state index contributed by atoms with van der Waals surface area (Å²) in [5.74, 6) is -2.34. The summed E-state index contributed by atoms with van der Waals surface area (Å²) in [4.78, 5) is 46.4. The molecule has 1 N–H and O–H groups in total. The van der Waals surface area contributed by atoms with E-state index >= 15 is 0 Å². The number of aliphatic hydroxyl groups excluding tert-OH is 1. The summed E-state index contributed by atoms with van der Waals surface area (Å²) < 4.78 is 5.13. The van der Waals surface area contributed by atoms with Crippen molar-refractivity contribution < 1.29 is 24.2 Å². The number of carbonyl (C=O) groups is 3. The van der Waals surface area contributed by atoms with Crippen LogP contribution in [0.5, 0.6) is 0 Å². The third kappa shape index (κ3) is 4.86. The van der Waals surface area contributed by atoms with E-state index in [1.165, 1.54) is 22.3 Å². The Hall–Kier alpha value is -4.56. The summed E-state index contributed by atoms with van der Waals surface area (Å²) in [7, 11) is 0. The van der Waals surface area contributed by atoms with E-state index in [2.05, 4.69) is 4.98 Å². The van der Waals surface area contributed by atoms with E-state index in [4.69, 9.17) is 4.74 Å². The molecular formula is C31H26N2O5S. The van der Waals surface area contributed by atoms with Crippen molar-refractivity contribution in [1.82, 2.24) is 4.98 Å². The minimum atomic E-state index is -0.913. The van der Waals surface area contributed by atoms with Gasteiger partial charge in [0.1, 0.15) is 5.01 Å². The number of ether oxygens (including phenoxy) is 1. The number of carbonyl (C=O) groups excluding carboxylic acids is 3. The largest absolute Gasteiger partial charge is 0.503 e. The van der Waals surface area contributed by atoms with Crippen molar-refractivity contribution in [3.63, 3.8) is 0 Å². The number of hydrogen-bond donors (Lipinski definition) is 1. The molecule has 0 saturated carbocycles. The molecule has 8 heteroatoms. The fourth-order valence-electron chi connectivity index (χ4n) is 4.69. The van der Waals surface area contributed by atoms with Gasteiger partial charge in [0.05, 0.1) is 34.4 Å². The highest BCUT2D eigenvalue weighted by Gasteiger charge is 2.45. The Balaban J connectivity index is 1.62. The summed E-state index contributed by atoms with van der Waals surface area (Å²) >= 11 is 1.22. The predicted molar refractivity (Wildman–Crippen MR) is 150 cm³/mol. The van der Waals surface area contributed by atoms with Crippen LogP contribution in [-0.2, 0) is 9.53 Å². The molecule has 2 heterocycles. The van der Waals surface area contributed by atoms with Crippen LogP contribution in [0.3, 0.4) is 0 Å². The molecule has 0 fully saturated rings. The van der Waals surface area contributed by atoms with Gasteiger partial charge in [-0.1, -0.05) is 66.2 Å². The molecule has 0 saturated heterocycles. The number of aryl methyl sites for hydroxylation is 2. The standard InChI is InChI=1S/C31H26N2O5S/c1-4-38-31(37)22-14-9-15-23(17-22)33-25(21-13-8-10-18(2)16-21)24(27(35)30(33)36)26(34)28-19(3)32-29(39-28)20-11-6-5-7-12-20/h5-17,25,35H,4H2,1-3H3. The van der Waals surface area contributed by atoms with Crippen LogP contribution in [0.2, 0.25) is 0 Å². The Morgan fingerprint density at radius 1 is 1.00 bits per heavy atom. The maximum Gasteiger partial charge on any atom is 0.338 e. The lowest BCUT2D eigenvalue weighted by Crippen LogP contribution is -2.31. The van der Waals surface area contributed by atoms with E-state index in [9.17, 15) is 19.5 Å². The minimum Gasteiger partial charge on any atom is -0.503 e. The smallest absolute Gasteiger partial charge is 0.338 e. The van der Waals surface area contributed by atoms with Crippen LogP contribution in [0.25, 0.3) is 10.6 Å². The number of rotatable bonds is 7. The molecule has 0 radical (unpaired) electrons. The molecule has 1 amide bonds. The maximum absolute atomic E-state index is 14.1. The molecule has 0 aliphatic carbocycles. The Labute approximate surface area is 230 Å². The van der Waals surface area contributed by atoms with Crippen LogP contribution in [-0.4, -0.2) is 34.4 Å². The van der Waals surface area contributed by atoms with Crippen molar-refractivity contribution in [1.29, 1.82) is 0 Å². The molecule has 1 aliphatic rings. The highest BCUT2D eigenvalue weighted by atomic mass is 32.1. The number of amides is 1. The zero-order valence-corrected chi connectivity index (χ0v) is 22.5. The van der Waals surface area contributed by atoms with E-state index in [1.54, 1.807) is 32.0 Å². The second-order valence-electron chi connectivity index (χ2n) is 9.15. The first-order chi connectivity index (χ1) is 18.8. The van der Waals surface area contributed by atoms with E-state index in [0.717, 1.165) is 11.1 Å². The number of thiazole rings is 1. The van der Waals surface area contributed by atoms with Gasteiger partial charge in [-0.3, -0.25) is 14.5 Å². The van der Waals surface area contributed by atoms with Crippen LogP contribution in [0.1, 0.15) is 49.8 Å². The molecule has 1 atom stereocenters. The van der Waals surface area contributed by atoms with Crippen LogP contribution >= 0.6 is 11.3 Å². The third-order valence-corrected chi connectivity index (χ3v) is 7.67. The number of anilines is 1. The molecule has 4 aromatic rings. The summed E-state index contributed by atoms with van der Waals surface area (Å²) in [6.07, 6.45) is 0. The summed E-state index contributed by atoms with van der Waals surface area (Å²) in [5, 5.41) is 11.8. The number of ketones is 1. The van der Waals surface area contributed by atoms with Crippen molar-refractivity contribution in [2.24, 2.45) is 0 Å². The summed E-state index contributed by atoms with van der Waals surface area (Å²) in [6.45, 7) is 5.57. The molecule has 5 rings (SSSR count). The van der Waals surface area contributed by atoms with Gasteiger partial charge in [0.2, 0.25) is 5.78 Å². The first kappa shape index (κ1) is 26.1. The maximum atomic E-state index is 14.1. The van der Waals surface area contributed by atoms with Crippen LogP contribution in [0.15, 0.2) is 90.2 Å². The van der Waals surface area contributed by atoms with Gasteiger partial charge in [0.15, 0.2) is 5.76 Å². The fourth-order valence-corrected chi connectivity index (χ4v) is 5.72. The highest BCUT2D eigenvalue weighted by Crippen LogP contribution is 2.43. The molecule has 1 aliphatic heterocycles. The first-order valence-electron chi connectivity index (χ1n) is 12.5. The fraction of sp³-hybridized carbons (Fsp3) is 0.161. The van der Waals surface area contributed by atoms with Crippen LogP contribution in [0.4, 0.5) is 5.69 Å². The van der Waals surface area contributed by atoms with Gasteiger partial charge in [-0.25, -0.2) is 9.78 Å². The number of aromatic nitrogens is 1. The minimum absolute atomic E-state index is 0.0292. The number of Topliss-reactive ketones (excluding diaryl/α,β-unsaturated/α-hetero) is 1. The number of aliphatic hydroxyl groups is 1. The summed E-state index contributed by atoms with van der Waals surface area (Å²) in [5.41, 5.74) is 3.56. The monoisotopic (exact) mass is 538 g/mol. The van der Waals surface area contributed by atoms with Gasteiger partial charge < -0.3 is 9.84 Å². The molecular weight excluding hydrogens is 512 g/mol. The number of hydrogen-bond acceptors (Lipinski definition) is 7. The Bertz CT molecular complexity index is 1620. The van der Waals surface area contributed by atoms with Crippen LogP contribution < -0.4 is 4.90 Å². The predicted octanol–water partition coefficient (Wildman–Crippen LogP) is 6.39.